The van der Waals surface area contributed by atoms with Crippen LogP contribution in [-0.2, 0) is 0 Å². The Hall–Kier alpha value is -1.57. The van der Waals surface area contributed by atoms with Gasteiger partial charge < -0.3 is 10.1 Å². The molecule has 1 fully saturated rings. The number of nitriles is 1. The highest BCUT2D eigenvalue weighted by molar-refractivity contribution is 5.34. The molecule has 1 aliphatic rings. The second-order valence-corrected chi connectivity index (χ2v) is 5.08. The topological polar surface area (TPSA) is 48.3 Å². The highest BCUT2D eigenvalue weighted by atomic mass is 16.5. The van der Waals surface area contributed by atoms with E-state index in [1.165, 1.54) is 0 Å². The third-order valence-corrected chi connectivity index (χ3v) is 3.61. The highest BCUT2D eigenvalue weighted by Gasteiger charge is 2.23. The second kappa shape index (κ2) is 6.55. The van der Waals surface area contributed by atoms with Gasteiger partial charge in [-0.15, -0.1) is 0 Å². The molecule has 0 amide bonds. The molecule has 1 aromatic rings. The minimum atomic E-state index is 0.549. The Bertz CT molecular complexity index is 428. The van der Waals surface area contributed by atoms with Gasteiger partial charge >= 0.3 is 0 Å². The van der Waals surface area contributed by atoms with Crippen molar-refractivity contribution in [2.75, 3.05) is 26.2 Å². The number of piperazine rings is 1. The van der Waals surface area contributed by atoms with Crippen molar-refractivity contribution in [3.05, 3.63) is 29.8 Å². The molecule has 2 unspecified atom stereocenters. The fraction of sp³-hybridized carbons (Fsp3) is 0.533. The van der Waals surface area contributed by atoms with E-state index < -0.39 is 0 Å². The molecule has 1 N–H and O–H groups in total. The number of nitrogens with zero attached hydrogens (tertiary/aromatic N) is 2. The van der Waals surface area contributed by atoms with Crippen molar-refractivity contribution >= 4 is 0 Å². The Morgan fingerprint density at radius 3 is 2.47 bits per heavy atom. The number of nitrogens with one attached hydrogen (secondary N) is 1. The lowest BCUT2D eigenvalue weighted by Crippen LogP contribution is -2.55. The van der Waals surface area contributed by atoms with Gasteiger partial charge in [-0.05, 0) is 38.1 Å². The first-order valence-corrected chi connectivity index (χ1v) is 6.80. The van der Waals surface area contributed by atoms with Crippen LogP contribution in [0.5, 0.6) is 5.75 Å². The van der Waals surface area contributed by atoms with E-state index in [1.807, 2.05) is 12.1 Å². The van der Waals surface area contributed by atoms with Gasteiger partial charge in [0.2, 0.25) is 0 Å². The standard InChI is InChI=1S/C15H21N3O/c1-12-10-17-11-13(2)18(12)7-8-19-15-5-3-14(9-16)4-6-15/h3-6,12-13,17H,7-8,10-11H2,1-2H3. The Morgan fingerprint density at radius 1 is 1.26 bits per heavy atom. The van der Waals surface area contributed by atoms with Gasteiger partial charge in [-0.2, -0.15) is 5.26 Å². The number of hydrogen-bond acceptors (Lipinski definition) is 4. The summed E-state index contributed by atoms with van der Waals surface area (Å²) in [5, 5.41) is 12.2. The molecule has 0 saturated carbocycles. The van der Waals surface area contributed by atoms with Gasteiger partial charge in [0.05, 0.1) is 11.6 Å². The van der Waals surface area contributed by atoms with Crippen LogP contribution >= 0.6 is 0 Å². The lowest BCUT2D eigenvalue weighted by Gasteiger charge is -2.39. The minimum absolute atomic E-state index is 0.549. The number of rotatable bonds is 4. The zero-order valence-electron chi connectivity index (χ0n) is 11.6. The third kappa shape index (κ3) is 3.69. The predicted octanol–water partition coefficient (Wildman–Crippen LogP) is 1.62. The molecule has 0 bridgehead atoms. The summed E-state index contributed by atoms with van der Waals surface area (Å²) in [5.74, 6) is 0.828. The number of ether oxygens (including phenoxy) is 1. The predicted molar refractivity (Wildman–Crippen MR) is 75.2 cm³/mol. The first kappa shape index (κ1) is 13.9. The van der Waals surface area contributed by atoms with E-state index in [4.69, 9.17) is 10.00 Å². The highest BCUT2D eigenvalue weighted by Crippen LogP contribution is 2.13. The average Bonchev–Trinajstić information content (AvgIpc) is 2.43. The summed E-state index contributed by atoms with van der Waals surface area (Å²) >= 11 is 0. The average molecular weight is 259 g/mol. The second-order valence-electron chi connectivity index (χ2n) is 5.08. The lowest BCUT2D eigenvalue weighted by molar-refractivity contribution is 0.0966. The summed E-state index contributed by atoms with van der Waals surface area (Å²) < 4.78 is 5.73. The van der Waals surface area contributed by atoms with Gasteiger partial charge in [-0.25, -0.2) is 0 Å². The van der Waals surface area contributed by atoms with E-state index in [2.05, 4.69) is 30.1 Å². The van der Waals surface area contributed by atoms with Crippen LogP contribution in [0.3, 0.4) is 0 Å². The molecular formula is C15H21N3O. The van der Waals surface area contributed by atoms with Crippen LogP contribution in [0.4, 0.5) is 0 Å². The van der Waals surface area contributed by atoms with Gasteiger partial charge in [-0.1, -0.05) is 0 Å². The molecule has 2 atom stereocenters. The molecular weight excluding hydrogens is 238 g/mol. The van der Waals surface area contributed by atoms with E-state index >= 15 is 0 Å². The lowest BCUT2D eigenvalue weighted by atomic mass is 10.1. The van der Waals surface area contributed by atoms with Gasteiger partial charge in [0, 0.05) is 31.7 Å². The molecule has 102 valence electrons. The molecule has 1 saturated heterocycles. The summed E-state index contributed by atoms with van der Waals surface area (Å²) in [6, 6.07) is 10.5. The Kier molecular flexibility index (Phi) is 4.78. The van der Waals surface area contributed by atoms with E-state index in [9.17, 15) is 0 Å². The molecule has 0 spiro atoms. The molecule has 19 heavy (non-hydrogen) atoms. The fourth-order valence-electron chi connectivity index (χ4n) is 2.51. The van der Waals surface area contributed by atoms with Gasteiger partial charge in [0.25, 0.3) is 0 Å². The summed E-state index contributed by atoms with van der Waals surface area (Å²) in [6.45, 7) is 8.18. The van der Waals surface area contributed by atoms with E-state index in [-0.39, 0.29) is 0 Å². The number of hydrogen-bond donors (Lipinski definition) is 1. The summed E-state index contributed by atoms with van der Waals surface area (Å²) in [5.41, 5.74) is 0.664. The molecule has 1 heterocycles. The third-order valence-electron chi connectivity index (χ3n) is 3.61. The van der Waals surface area contributed by atoms with Crippen molar-refractivity contribution in [3.63, 3.8) is 0 Å². The van der Waals surface area contributed by atoms with Crippen molar-refractivity contribution in [3.8, 4) is 11.8 Å². The van der Waals surface area contributed by atoms with Gasteiger partial charge in [0.15, 0.2) is 0 Å². The minimum Gasteiger partial charge on any atom is -0.492 e. The maximum Gasteiger partial charge on any atom is 0.119 e. The smallest absolute Gasteiger partial charge is 0.119 e. The molecule has 4 heteroatoms. The van der Waals surface area contributed by atoms with E-state index in [0.29, 0.717) is 24.3 Å². The van der Waals surface area contributed by atoms with Gasteiger partial charge in [-0.3, -0.25) is 4.90 Å². The van der Waals surface area contributed by atoms with Crippen molar-refractivity contribution < 1.29 is 4.74 Å². The van der Waals surface area contributed by atoms with Crippen LogP contribution < -0.4 is 10.1 Å². The monoisotopic (exact) mass is 259 g/mol. The first-order chi connectivity index (χ1) is 9.20. The van der Waals surface area contributed by atoms with Crippen molar-refractivity contribution in [1.29, 1.82) is 5.26 Å². The maximum absolute atomic E-state index is 8.73. The molecule has 0 aromatic heterocycles. The Morgan fingerprint density at radius 2 is 1.89 bits per heavy atom. The molecule has 1 aliphatic heterocycles. The molecule has 0 radical (unpaired) electrons. The van der Waals surface area contributed by atoms with Crippen LogP contribution in [0.15, 0.2) is 24.3 Å². The Labute approximate surface area is 115 Å². The van der Waals surface area contributed by atoms with Crippen LogP contribution in [0.1, 0.15) is 19.4 Å². The normalized spacial score (nSPS) is 23.8. The van der Waals surface area contributed by atoms with E-state index in [0.717, 1.165) is 25.4 Å². The maximum atomic E-state index is 8.73. The quantitative estimate of drug-likeness (QED) is 0.892. The number of benzene rings is 1. The zero-order chi connectivity index (χ0) is 13.7. The van der Waals surface area contributed by atoms with Crippen LogP contribution in [0.2, 0.25) is 0 Å². The van der Waals surface area contributed by atoms with Crippen LogP contribution in [-0.4, -0.2) is 43.2 Å². The van der Waals surface area contributed by atoms with Crippen LogP contribution in [0.25, 0.3) is 0 Å². The van der Waals surface area contributed by atoms with Crippen molar-refractivity contribution in [2.45, 2.75) is 25.9 Å². The molecule has 4 nitrogen and oxygen atoms in total. The largest absolute Gasteiger partial charge is 0.492 e. The SMILES string of the molecule is CC1CNCC(C)N1CCOc1ccc(C#N)cc1. The van der Waals surface area contributed by atoms with E-state index in [1.54, 1.807) is 12.1 Å². The molecule has 1 aromatic carbocycles. The first-order valence-electron chi connectivity index (χ1n) is 6.80. The Balaban J connectivity index is 1.80. The van der Waals surface area contributed by atoms with Crippen molar-refractivity contribution in [1.82, 2.24) is 10.2 Å². The van der Waals surface area contributed by atoms with Crippen molar-refractivity contribution in [2.24, 2.45) is 0 Å². The summed E-state index contributed by atoms with van der Waals surface area (Å²) in [7, 11) is 0. The zero-order valence-corrected chi connectivity index (χ0v) is 11.6. The van der Waals surface area contributed by atoms with Crippen LogP contribution in [0, 0.1) is 11.3 Å². The van der Waals surface area contributed by atoms with Gasteiger partial charge in [0.1, 0.15) is 12.4 Å². The summed E-state index contributed by atoms with van der Waals surface area (Å²) in [4.78, 5) is 2.47. The molecule has 0 aliphatic carbocycles. The molecule has 2 rings (SSSR count). The summed E-state index contributed by atoms with van der Waals surface area (Å²) in [6.07, 6.45) is 0. The fourth-order valence-corrected chi connectivity index (χ4v) is 2.51.